The van der Waals surface area contributed by atoms with Gasteiger partial charge in [0.15, 0.2) is 0 Å². The first-order valence-corrected chi connectivity index (χ1v) is 6.52. The molecule has 2 rings (SSSR count). The minimum atomic E-state index is -0.614. The molecule has 0 saturated carbocycles. The van der Waals surface area contributed by atoms with Crippen LogP contribution >= 0.6 is 46.4 Å². The molecule has 0 N–H and O–H groups in total. The van der Waals surface area contributed by atoms with Gasteiger partial charge in [0.05, 0.1) is 32.1 Å². The summed E-state index contributed by atoms with van der Waals surface area (Å²) in [6.45, 7) is 0. The molecule has 2 aromatic rings. The molecular weight excluding hydrogens is 350 g/mol. The highest BCUT2D eigenvalue weighted by Crippen LogP contribution is 2.36. The van der Waals surface area contributed by atoms with E-state index in [1.807, 2.05) is 0 Å². The molecular formula is C11H4Cl4N2O3. The maximum Gasteiger partial charge on any atom is 0.277 e. The Labute approximate surface area is 133 Å². The van der Waals surface area contributed by atoms with Crippen molar-refractivity contribution in [1.29, 1.82) is 0 Å². The third-order valence-electron chi connectivity index (χ3n) is 2.16. The van der Waals surface area contributed by atoms with E-state index in [1.54, 1.807) is 0 Å². The van der Waals surface area contributed by atoms with Crippen LogP contribution in [0.25, 0.3) is 0 Å². The lowest BCUT2D eigenvalue weighted by Gasteiger charge is -2.08. The molecule has 1 aromatic carbocycles. The van der Waals surface area contributed by atoms with Crippen LogP contribution in [0.3, 0.4) is 0 Å². The number of nitrogens with zero attached hydrogens (tertiary/aromatic N) is 2. The second-order valence-electron chi connectivity index (χ2n) is 3.54. The molecule has 0 atom stereocenters. The molecule has 0 bridgehead atoms. The number of rotatable bonds is 3. The Kier molecular flexibility index (Phi) is 4.55. The number of ether oxygens (including phenoxy) is 1. The van der Waals surface area contributed by atoms with Gasteiger partial charge in [-0.15, -0.1) is 0 Å². The molecule has 5 nitrogen and oxygen atoms in total. The first-order valence-electron chi connectivity index (χ1n) is 5.01. The molecule has 0 aliphatic heterocycles. The molecule has 0 radical (unpaired) electrons. The highest BCUT2D eigenvalue weighted by Gasteiger charge is 2.14. The molecule has 0 aliphatic rings. The molecule has 104 valence electrons. The van der Waals surface area contributed by atoms with E-state index in [4.69, 9.17) is 51.1 Å². The van der Waals surface area contributed by atoms with Gasteiger partial charge in [0.2, 0.25) is 5.88 Å². The quantitative estimate of drug-likeness (QED) is 0.321. The minimum Gasteiger partial charge on any atom is -0.437 e. The fraction of sp³-hybridized carbons (Fsp3) is 0. The molecule has 1 heterocycles. The van der Waals surface area contributed by atoms with E-state index in [0.29, 0.717) is 0 Å². The Morgan fingerprint density at radius 3 is 2.30 bits per heavy atom. The first-order chi connectivity index (χ1) is 9.36. The lowest BCUT2D eigenvalue weighted by molar-refractivity contribution is -0.385. The van der Waals surface area contributed by atoms with Gasteiger partial charge in [0, 0.05) is 6.07 Å². The maximum atomic E-state index is 10.7. The number of hydrogen-bond donors (Lipinski definition) is 0. The first kappa shape index (κ1) is 15.1. The Bertz CT molecular complexity index is 694. The minimum absolute atomic E-state index is 0.0783. The van der Waals surface area contributed by atoms with E-state index in [1.165, 1.54) is 12.1 Å². The van der Waals surface area contributed by atoms with Crippen molar-refractivity contribution in [3.8, 4) is 11.6 Å². The van der Waals surface area contributed by atoms with E-state index in [-0.39, 0.29) is 37.5 Å². The fourth-order valence-corrected chi connectivity index (χ4v) is 2.08. The van der Waals surface area contributed by atoms with Crippen LogP contribution in [0.1, 0.15) is 0 Å². The van der Waals surface area contributed by atoms with E-state index < -0.39 is 4.92 Å². The normalized spacial score (nSPS) is 10.4. The summed E-state index contributed by atoms with van der Waals surface area (Å²) in [6, 6.07) is 4.98. The van der Waals surface area contributed by atoms with Crippen molar-refractivity contribution in [1.82, 2.24) is 4.98 Å². The second kappa shape index (κ2) is 6.01. The van der Waals surface area contributed by atoms with Crippen LogP contribution in [0.2, 0.25) is 20.2 Å². The van der Waals surface area contributed by atoms with Crippen LogP contribution in [0.15, 0.2) is 24.3 Å². The number of hydrogen-bond acceptors (Lipinski definition) is 4. The van der Waals surface area contributed by atoms with Gasteiger partial charge < -0.3 is 4.74 Å². The lowest BCUT2D eigenvalue weighted by atomic mass is 10.3. The predicted molar refractivity (Wildman–Crippen MR) is 77.4 cm³/mol. The summed E-state index contributed by atoms with van der Waals surface area (Å²) in [7, 11) is 0. The van der Waals surface area contributed by atoms with Crippen molar-refractivity contribution in [2.45, 2.75) is 0 Å². The summed E-state index contributed by atoms with van der Waals surface area (Å²) >= 11 is 23.2. The van der Waals surface area contributed by atoms with Gasteiger partial charge in [-0.2, -0.15) is 0 Å². The van der Waals surface area contributed by atoms with Gasteiger partial charge in [-0.1, -0.05) is 46.4 Å². The van der Waals surface area contributed by atoms with Gasteiger partial charge in [0.25, 0.3) is 5.69 Å². The Morgan fingerprint density at radius 2 is 1.65 bits per heavy atom. The number of halogens is 4. The summed E-state index contributed by atoms with van der Waals surface area (Å²) in [5.74, 6) is 0.0784. The number of aromatic nitrogens is 1. The van der Waals surface area contributed by atoms with Crippen LogP contribution < -0.4 is 4.74 Å². The van der Waals surface area contributed by atoms with Crippen molar-refractivity contribution in [2.24, 2.45) is 0 Å². The fourth-order valence-electron chi connectivity index (χ4n) is 1.31. The largest absolute Gasteiger partial charge is 0.437 e. The Morgan fingerprint density at radius 1 is 1.00 bits per heavy atom. The van der Waals surface area contributed by atoms with E-state index in [9.17, 15) is 10.1 Å². The van der Waals surface area contributed by atoms with Crippen LogP contribution in [-0.4, -0.2) is 9.91 Å². The van der Waals surface area contributed by atoms with Gasteiger partial charge in [0.1, 0.15) is 10.9 Å². The topological polar surface area (TPSA) is 65.3 Å². The molecule has 1 aromatic heterocycles. The van der Waals surface area contributed by atoms with Crippen molar-refractivity contribution >= 4 is 52.1 Å². The summed E-state index contributed by atoms with van der Waals surface area (Å²) in [6.07, 6.45) is 0. The number of benzene rings is 1. The SMILES string of the molecule is O=[N+]([O-])c1cc(Cl)nc(Oc2cc(Cl)c(Cl)cc2Cl)c1. The lowest BCUT2D eigenvalue weighted by Crippen LogP contribution is -1.93. The molecule has 0 aliphatic carbocycles. The highest BCUT2D eigenvalue weighted by molar-refractivity contribution is 6.43. The highest BCUT2D eigenvalue weighted by atomic mass is 35.5. The predicted octanol–water partition coefficient (Wildman–Crippen LogP) is 5.40. The molecule has 9 heteroatoms. The Balaban J connectivity index is 2.40. The third kappa shape index (κ3) is 3.43. The average molecular weight is 354 g/mol. The number of nitro groups is 1. The van der Waals surface area contributed by atoms with Gasteiger partial charge in [-0.3, -0.25) is 10.1 Å². The zero-order chi connectivity index (χ0) is 14.9. The standard InChI is InChI=1S/C11H4Cl4N2O3/c12-6-3-8(14)9(4-7(6)13)20-11-2-5(17(18)19)1-10(15)16-11/h1-4H. The Hall–Kier alpha value is -1.27. The second-order valence-corrected chi connectivity index (χ2v) is 5.15. The van der Waals surface area contributed by atoms with Crippen LogP contribution in [0, 0.1) is 10.1 Å². The van der Waals surface area contributed by atoms with Crippen LogP contribution in [0.5, 0.6) is 11.6 Å². The maximum absolute atomic E-state index is 10.7. The van der Waals surface area contributed by atoms with Crippen molar-refractivity contribution in [3.63, 3.8) is 0 Å². The monoisotopic (exact) mass is 352 g/mol. The van der Waals surface area contributed by atoms with Gasteiger partial charge in [-0.25, -0.2) is 4.98 Å². The zero-order valence-corrected chi connectivity index (χ0v) is 12.5. The van der Waals surface area contributed by atoms with Crippen LogP contribution in [0.4, 0.5) is 5.69 Å². The summed E-state index contributed by atoms with van der Waals surface area (Å²) in [5, 5.41) is 11.3. The molecule has 0 spiro atoms. The zero-order valence-electron chi connectivity index (χ0n) is 9.44. The number of pyridine rings is 1. The average Bonchev–Trinajstić information content (AvgIpc) is 2.35. The van der Waals surface area contributed by atoms with Crippen molar-refractivity contribution in [3.05, 3.63) is 54.6 Å². The van der Waals surface area contributed by atoms with Crippen LogP contribution in [-0.2, 0) is 0 Å². The van der Waals surface area contributed by atoms with Crippen molar-refractivity contribution in [2.75, 3.05) is 0 Å². The molecule has 20 heavy (non-hydrogen) atoms. The van der Waals surface area contributed by atoms with E-state index in [0.717, 1.165) is 12.1 Å². The third-order valence-corrected chi connectivity index (χ3v) is 3.37. The summed E-state index contributed by atoms with van der Waals surface area (Å²) in [4.78, 5) is 13.9. The van der Waals surface area contributed by atoms with Crippen molar-refractivity contribution < 1.29 is 9.66 Å². The molecule has 0 fully saturated rings. The molecule has 0 unspecified atom stereocenters. The van der Waals surface area contributed by atoms with E-state index >= 15 is 0 Å². The van der Waals surface area contributed by atoms with E-state index in [2.05, 4.69) is 4.98 Å². The van der Waals surface area contributed by atoms with Gasteiger partial charge in [-0.05, 0) is 6.07 Å². The summed E-state index contributed by atoms with van der Waals surface area (Å²) in [5.41, 5.74) is -0.254. The summed E-state index contributed by atoms with van der Waals surface area (Å²) < 4.78 is 5.34. The molecule has 0 amide bonds. The molecule has 0 saturated heterocycles. The smallest absolute Gasteiger partial charge is 0.277 e. The van der Waals surface area contributed by atoms with Gasteiger partial charge >= 0.3 is 0 Å².